The first-order chi connectivity index (χ1) is 17.0. The van der Waals surface area contributed by atoms with Crippen molar-refractivity contribution in [3.05, 3.63) is 72.8 Å². The minimum absolute atomic E-state index is 0.295. The fraction of sp³-hybridized carbons (Fsp3) is 0.269. The molecule has 178 valence electrons. The number of pyridine rings is 2. The molecule has 5 rings (SSSR count). The van der Waals surface area contributed by atoms with E-state index in [1.54, 1.807) is 0 Å². The number of anilines is 1. The second-order valence-corrected chi connectivity index (χ2v) is 8.58. The van der Waals surface area contributed by atoms with Gasteiger partial charge in [-0.15, -0.1) is 0 Å². The van der Waals surface area contributed by atoms with Crippen molar-refractivity contribution in [2.24, 2.45) is 9.98 Å². The first-order valence-corrected chi connectivity index (χ1v) is 11.8. The minimum atomic E-state index is 0.295. The van der Waals surface area contributed by atoms with Gasteiger partial charge in [0.25, 0.3) is 0 Å². The number of aromatic nitrogens is 4. The van der Waals surface area contributed by atoms with Gasteiger partial charge in [0.15, 0.2) is 11.7 Å². The van der Waals surface area contributed by atoms with Crippen molar-refractivity contribution in [1.82, 2.24) is 24.1 Å². The van der Waals surface area contributed by atoms with Gasteiger partial charge in [-0.25, -0.2) is 19.0 Å². The van der Waals surface area contributed by atoms with Crippen LogP contribution in [-0.4, -0.2) is 61.1 Å². The van der Waals surface area contributed by atoms with Crippen LogP contribution in [0.2, 0.25) is 0 Å². The second kappa shape index (κ2) is 9.54. The van der Waals surface area contributed by atoms with E-state index in [4.69, 9.17) is 15.4 Å². The Morgan fingerprint density at radius 3 is 2.40 bits per heavy atom. The van der Waals surface area contributed by atoms with Gasteiger partial charge in [0.2, 0.25) is 0 Å². The van der Waals surface area contributed by atoms with E-state index in [-0.39, 0.29) is 0 Å². The van der Waals surface area contributed by atoms with Crippen molar-refractivity contribution in [2.45, 2.75) is 26.7 Å². The Bertz CT molecular complexity index is 1460. The molecular weight excluding hydrogens is 438 g/mol. The fourth-order valence-electron chi connectivity index (χ4n) is 4.42. The van der Waals surface area contributed by atoms with E-state index in [0.29, 0.717) is 23.9 Å². The first kappa shape index (κ1) is 22.5. The molecule has 4 aromatic heterocycles. The molecule has 0 saturated carbocycles. The molecule has 0 radical (unpaired) electrons. The van der Waals surface area contributed by atoms with E-state index < -0.39 is 0 Å². The van der Waals surface area contributed by atoms with Crippen LogP contribution in [0.15, 0.2) is 71.4 Å². The van der Waals surface area contributed by atoms with Gasteiger partial charge >= 0.3 is 0 Å². The van der Waals surface area contributed by atoms with E-state index in [9.17, 15) is 0 Å². The number of aliphatic imine (C=N–C) groups is 2. The molecule has 0 unspecified atom stereocenters. The van der Waals surface area contributed by atoms with Crippen LogP contribution in [-0.2, 0) is 0 Å². The molecule has 4 aromatic rings. The molecule has 1 saturated heterocycles. The molecule has 9 nitrogen and oxygen atoms in total. The fourth-order valence-corrected chi connectivity index (χ4v) is 4.42. The summed E-state index contributed by atoms with van der Waals surface area (Å²) in [6.07, 6.45) is 7.55. The van der Waals surface area contributed by atoms with E-state index in [2.05, 4.69) is 27.0 Å². The maximum absolute atomic E-state index is 8.49. The summed E-state index contributed by atoms with van der Waals surface area (Å²) in [6, 6.07) is 11.9. The molecule has 0 aliphatic carbocycles. The van der Waals surface area contributed by atoms with Crippen LogP contribution in [0, 0.1) is 19.3 Å². The Hall–Kier alpha value is -4.27. The van der Waals surface area contributed by atoms with Crippen molar-refractivity contribution >= 4 is 39.8 Å². The highest BCUT2D eigenvalue weighted by Gasteiger charge is 2.20. The number of aryl methyl sites for hydroxylation is 2. The molecule has 1 aliphatic heterocycles. The van der Waals surface area contributed by atoms with Gasteiger partial charge in [0.05, 0.1) is 40.4 Å². The average Bonchev–Trinajstić information content (AvgIpc) is 3.58. The molecular formula is C26H29N9. The highest BCUT2D eigenvalue weighted by Crippen LogP contribution is 2.26. The highest BCUT2D eigenvalue weighted by molar-refractivity contribution is 6.45. The predicted molar refractivity (Wildman–Crippen MR) is 142 cm³/mol. The third kappa shape index (κ3) is 4.44. The quantitative estimate of drug-likeness (QED) is 0.323. The van der Waals surface area contributed by atoms with Gasteiger partial charge in [-0.1, -0.05) is 18.7 Å². The third-order valence-electron chi connectivity index (χ3n) is 6.15. The highest BCUT2D eigenvalue weighted by atomic mass is 15.3. The van der Waals surface area contributed by atoms with Gasteiger partial charge in [0.1, 0.15) is 5.69 Å². The zero-order chi connectivity index (χ0) is 24.4. The standard InChI is InChI=1S/C26H29N9/c1-4-20(27)26(33-13-9-10-14-33)30-23(29-25-19(3)32-35-16-8-6-12-22(25)35)17-28-24-18(2)31-34-15-7-5-11-21(24)34/h4-8,11-12,15-16,27-28H,1,9-10,13-14,17H2,2-3H3. The van der Waals surface area contributed by atoms with Gasteiger partial charge < -0.3 is 10.2 Å². The average molecular weight is 468 g/mol. The number of amidine groups is 2. The monoisotopic (exact) mass is 467 g/mol. The molecule has 0 atom stereocenters. The van der Waals surface area contributed by atoms with Crippen LogP contribution < -0.4 is 5.32 Å². The summed E-state index contributed by atoms with van der Waals surface area (Å²) in [5.41, 5.74) is 5.61. The van der Waals surface area contributed by atoms with Crippen molar-refractivity contribution in [3.63, 3.8) is 0 Å². The Kier molecular flexibility index (Phi) is 6.13. The van der Waals surface area contributed by atoms with Crippen molar-refractivity contribution in [3.8, 4) is 0 Å². The first-order valence-electron chi connectivity index (χ1n) is 11.8. The van der Waals surface area contributed by atoms with Gasteiger partial charge in [-0.2, -0.15) is 10.2 Å². The molecule has 1 fully saturated rings. The zero-order valence-corrected chi connectivity index (χ0v) is 20.1. The topological polar surface area (TPSA) is 98.4 Å². The number of nitrogens with one attached hydrogen (secondary N) is 2. The van der Waals surface area contributed by atoms with Crippen molar-refractivity contribution < 1.29 is 0 Å². The van der Waals surface area contributed by atoms with E-state index in [1.807, 2.05) is 71.7 Å². The summed E-state index contributed by atoms with van der Waals surface area (Å²) in [6.45, 7) is 9.85. The molecule has 2 N–H and O–H groups in total. The number of fused-ring (bicyclic) bond motifs is 2. The smallest absolute Gasteiger partial charge is 0.156 e. The van der Waals surface area contributed by atoms with Crippen LogP contribution in [0.4, 0.5) is 11.4 Å². The maximum atomic E-state index is 8.49. The Morgan fingerprint density at radius 1 is 1.03 bits per heavy atom. The van der Waals surface area contributed by atoms with E-state index >= 15 is 0 Å². The molecule has 0 spiro atoms. The van der Waals surface area contributed by atoms with Gasteiger partial charge in [-0.3, -0.25) is 5.41 Å². The zero-order valence-electron chi connectivity index (χ0n) is 20.1. The number of hydrogen-bond acceptors (Lipinski definition) is 5. The summed E-state index contributed by atoms with van der Waals surface area (Å²) < 4.78 is 3.68. The second-order valence-electron chi connectivity index (χ2n) is 8.58. The Labute approximate surface area is 204 Å². The third-order valence-corrected chi connectivity index (χ3v) is 6.15. The molecule has 9 heteroatoms. The normalized spacial score (nSPS) is 14.7. The molecule has 0 aromatic carbocycles. The SMILES string of the molecule is C=CC(=N)C(=NC(CNc1c(C)nn2ccccc12)=Nc1c(C)nn2ccccc12)N1CCCC1. The number of likely N-dealkylation sites (tertiary alicyclic amines) is 1. The number of nitrogens with zero attached hydrogens (tertiary/aromatic N) is 7. The molecule has 1 aliphatic rings. The van der Waals surface area contributed by atoms with Crippen molar-refractivity contribution in [2.75, 3.05) is 25.0 Å². The van der Waals surface area contributed by atoms with Crippen molar-refractivity contribution in [1.29, 1.82) is 5.41 Å². The maximum Gasteiger partial charge on any atom is 0.156 e. The minimum Gasteiger partial charge on any atom is -0.374 e. The number of rotatable bonds is 6. The molecule has 35 heavy (non-hydrogen) atoms. The number of hydrogen-bond donors (Lipinski definition) is 2. The summed E-state index contributed by atoms with van der Waals surface area (Å²) >= 11 is 0. The Balaban J connectivity index is 1.58. The van der Waals surface area contributed by atoms with Gasteiger partial charge in [-0.05, 0) is 57.0 Å². The molecule has 5 heterocycles. The summed E-state index contributed by atoms with van der Waals surface area (Å²) in [5.74, 6) is 1.17. The summed E-state index contributed by atoms with van der Waals surface area (Å²) in [4.78, 5) is 12.1. The van der Waals surface area contributed by atoms with E-state index in [0.717, 1.165) is 59.7 Å². The van der Waals surface area contributed by atoms with Crippen LogP contribution >= 0.6 is 0 Å². The lowest BCUT2D eigenvalue weighted by molar-refractivity contribution is 0.526. The van der Waals surface area contributed by atoms with E-state index in [1.165, 1.54) is 6.08 Å². The largest absolute Gasteiger partial charge is 0.374 e. The predicted octanol–water partition coefficient (Wildman–Crippen LogP) is 4.44. The van der Waals surface area contributed by atoms with Crippen LogP contribution in [0.3, 0.4) is 0 Å². The summed E-state index contributed by atoms with van der Waals surface area (Å²) in [5, 5.41) is 21.2. The lowest BCUT2D eigenvalue weighted by Gasteiger charge is -2.20. The van der Waals surface area contributed by atoms with Crippen LogP contribution in [0.25, 0.3) is 11.0 Å². The lowest BCUT2D eigenvalue weighted by Crippen LogP contribution is -2.34. The molecule has 0 bridgehead atoms. The Morgan fingerprint density at radius 2 is 1.69 bits per heavy atom. The lowest BCUT2D eigenvalue weighted by atomic mass is 10.3. The van der Waals surface area contributed by atoms with Gasteiger partial charge in [0, 0.05) is 25.5 Å². The summed E-state index contributed by atoms with van der Waals surface area (Å²) in [7, 11) is 0. The van der Waals surface area contributed by atoms with Crippen LogP contribution in [0.5, 0.6) is 0 Å². The van der Waals surface area contributed by atoms with Crippen LogP contribution in [0.1, 0.15) is 24.2 Å². The molecule has 0 amide bonds.